The minimum atomic E-state index is 0.0278. The zero-order chi connectivity index (χ0) is 58.3. The van der Waals surface area contributed by atoms with E-state index < -0.39 is 0 Å². The average molecular weight is 1110 g/mol. The molecule has 416 valence electrons. The molecule has 0 spiro atoms. The maximum atomic E-state index is 4.16. The number of pyridine rings is 1. The van der Waals surface area contributed by atoms with Crippen molar-refractivity contribution in [3.05, 3.63) is 351 Å². The molecule has 0 saturated carbocycles. The summed E-state index contributed by atoms with van der Waals surface area (Å²) in [6.45, 7) is 4.66. The Kier molecular flexibility index (Phi) is 17.0. The molecule has 0 bridgehead atoms. The first-order valence-corrected chi connectivity index (χ1v) is 29.2. The second kappa shape index (κ2) is 26.4. The predicted molar refractivity (Wildman–Crippen MR) is 367 cm³/mol. The van der Waals surface area contributed by atoms with Crippen LogP contribution >= 0.6 is 0 Å². The number of anilines is 11. The van der Waals surface area contributed by atoms with Crippen molar-refractivity contribution < 1.29 is 0 Å². The van der Waals surface area contributed by atoms with E-state index in [1.165, 1.54) is 54.6 Å². The van der Waals surface area contributed by atoms with E-state index in [0.717, 1.165) is 62.7 Å². The minimum Gasteiger partial charge on any atom is -0.356 e. The van der Waals surface area contributed by atoms with E-state index in [4.69, 9.17) is 0 Å². The Balaban J connectivity index is 0.000000115. The number of aromatic nitrogens is 1. The van der Waals surface area contributed by atoms with Crippen LogP contribution in [0.25, 0.3) is 43.4 Å². The van der Waals surface area contributed by atoms with Crippen LogP contribution in [0, 0.1) is 0 Å². The predicted octanol–water partition coefficient (Wildman–Crippen LogP) is 22.4. The van der Waals surface area contributed by atoms with Crippen LogP contribution in [-0.4, -0.2) is 4.98 Å². The summed E-state index contributed by atoms with van der Waals surface area (Å²) >= 11 is 0. The second-order valence-electron chi connectivity index (χ2n) is 21.6. The Labute approximate surface area is 504 Å². The maximum absolute atomic E-state index is 4.16. The molecule has 0 saturated heterocycles. The zero-order valence-electron chi connectivity index (χ0n) is 48.2. The van der Waals surface area contributed by atoms with Crippen LogP contribution in [0.1, 0.15) is 25.0 Å². The third kappa shape index (κ3) is 13.3. The molecular weight excluding hydrogens is 1040 g/mol. The molecule has 0 fully saturated rings. The van der Waals surface area contributed by atoms with Gasteiger partial charge in [-0.3, -0.25) is 0 Å². The van der Waals surface area contributed by atoms with Crippen molar-refractivity contribution in [3.8, 4) is 11.1 Å². The monoisotopic (exact) mass is 1110 g/mol. The van der Waals surface area contributed by atoms with Gasteiger partial charge in [0, 0.05) is 68.5 Å². The van der Waals surface area contributed by atoms with Gasteiger partial charge in [-0.05, 0) is 200 Å². The van der Waals surface area contributed by atoms with Gasteiger partial charge in [-0.2, -0.15) is 0 Å². The lowest BCUT2D eigenvalue weighted by Gasteiger charge is -2.25. The summed E-state index contributed by atoms with van der Waals surface area (Å²) in [4.78, 5) is 6.42. The van der Waals surface area contributed by atoms with Gasteiger partial charge in [-0.25, -0.2) is 4.98 Å². The summed E-state index contributed by atoms with van der Waals surface area (Å²) in [5.74, 6) is 0.869. The van der Waals surface area contributed by atoms with Crippen LogP contribution in [0.3, 0.4) is 0 Å². The number of hydrogen-bond acceptors (Lipinski definition) is 6. The lowest BCUT2D eigenvalue weighted by molar-refractivity contribution is 0.661. The smallest absolute Gasteiger partial charge is 0.130 e. The molecule has 1 aliphatic carbocycles. The van der Waals surface area contributed by atoms with E-state index in [0.29, 0.717) is 0 Å². The average Bonchev–Trinajstić information content (AvgIpc) is 1.68. The maximum Gasteiger partial charge on any atom is 0.130 e. The molecule has 1 heterocycles. The molecule has 1 aromatic heterocycles. The molecule has 0 amide bonds. The first-order chi connectivity index (χ1) is 42.4. The molecule has 13 aromatic carbocycles. The van der Waals surface area contributed by atoms with E-state index in [9.17, 15) is 0 Å². The van der Waals surface area contributed by atoms with Gasteiger partial charge in [0.2, 0.25) is 0 Å². The summed E-state index contributed by atoms with van der Waals surface area (Å²) < 4.78 is 0. The van der Waals surface area contributed by atoms with E-state index in [-0.39, 0.29) is 5.41 Å². The third-order valence-electron chi connectivity index (χ3n) is 15.3. The van der Waals surface area contributed by atoms with Crippen LogP contribution in [0.15, 0.2) is 340 Å². The number of benzene rings is 13. The number of fused-ring (bicyclic) bond motifs is 7. The fraction of sp³-hybridized carbons (Fsp3) is 0.0375. The molecule has 86 heavy (non-hydrogen) atoms. The van der Waals surface area contributed by atoms with E-state index in [1.807, 2.05) is 103 Å². The molecule has 1 aliphatic rings. The summed E-state index contributed by atoms with van der Waals surface area (Å²) in [6.07, 6.45) is 1.77. The molecular formula is C80H66N6. The Bertz CT molecular complexity index is 4370. The van der Waals surface area contributed by atoms with E-state index >= 15 is 0 Å². The van der Waals surface area contributed by atoms with Crippen molar-refractivity contribution >= 4 is 95.0 Å². The Morgan fingerprint density at radius 3 is 1.22 bits per heavy atom. The van der Waals surface area contributed by atoms with Crippen LogP contribution in [0.2, 0.25) is 0 Å². The Morgan fingerprint density at radius 2 is 0.663 bits per heavy atom. The fourth-order valence-electron chi connectivity index (χ4n) is 11.1. The van der Waals surface area contributed by atoms with Gasteiger partial charge >= 0.3 is 0 Å². The molecule has 0 unspecified atom stereocenters. The molecule has 4 N–H and O–H groups in total. The number of nitrogens with zero attached hydrogens (tertiary/aromatic N) is 2. The zero-order valence-corrected chi connectivity index (χ0v) is 48.2. The van der Waals surface area contributed by atoms with E-state index in [2.05, 4.69) is 276 Å². The van der Waals surface area contributed by atoms with Crippen molar-refractivity contribution in [2.75, 3.05) is 26.2 Å². The molecule has 0 atom stereocenters. The standard InChI is InChI=1S/C25H21N.C24H20N2.C20H15N.C11H10N2/c1-25(2)23-13-12-20(26-19-10-4-3-5-11-19)16-22(23)21-14-17-8-6-7-9-18(17)15-24(21)25;1-4-10-20(11-5-1)25-21-16-18-24(19-17-21)26(22-12-6-2-7-13-22)23-14-8-3-9-15-23;1-2-7-17(8-3-1)21-18-12-13-20-16(14-18)11-10-15-6-4-5-9-19(15)20;1-2-6-10(7-3-1)13-11-8-4-5-9-12-11/h3-16,26H,1-2H3;1-19,25H;1-14,21H;1-9H,(H,12,13). The largest absolute Gasteiger partial charge is 0.356 e. The number of nitrogens with one attached hydrogen (secondary N) is 4. The number of hydrogen-bond donors (Lipinski definition) is 4. The first-order valence-electron chi connectivity index (χ1n) is 29.2. The van der Waals surface area contributed by atoms with E-state index in [1.54, 1.807) is 6.20 Å². The highest BCUT2D eigenvalue weighted by molar-refractivity contribution is 6.08. The van der Waals surface area contributed by atoms with Gasteiger partial charge in [0.15, 0.2) is 0 Å². The van der Waals surface area contributed by atoms with Gasteiger partial charge in [0.1, 0.15) is 5.82 Å². The third-order valence-corrected chi connectivity index (χ3v) is 15.3. The molecule has 0 radical (unpaired) electrons. The van der Waals surface area contributed by atoms with Crippen LogP contribution in [0.5, 0.6) is 0 Å². The lowest BCUT2D eigenvalue weighted by Crippen LogP contribution is -2.14. The second-order valence-corrected chi connectivity index (χ2v) is 21.6. The highest BCUT2D eigenvalue weighted by Crippen LogP contribution is 2.51. The highest BCUT2D eigenvalue weighted by Gasteiger charge is 2.35. The van der Waals surface area contributed by atoms with Crippen molar-refractivity contribution in [1.29, 1.82) is 0 Å². The molecule has 0 aliphatic heterocycles. The van der Waals surface area contributed by atoms with Crippen LogP contribution in [-0.2, 0) is 5.41 Å². The molecule has 14 aromatic rings. The number of rotatable bonds is 11. The normalized spacial score (nSPS) is 11.5. The molecule has 6 heteroatoms. The molecule has 6 nitrogen and oxygen atoms in total. The van der Waals surface area contributed by atoms with Crippen molar-refractivity contribution in [2.24, 2.45) is 0 Å². The number of para-hydroxylation sites is 6. The first kappa shape index (κ1) is 55.3. The Hall–Kier alpha value is -11.2. The van der Waals surface area contributed by atoms with Gasteiger partial charge < -0.3 is 26.2 Å². The van der Waals surface area contributed by atoms with Gasteiger partial charge in [-0.15, -0.1) is 0 Å². The van der Waals surface area contributed by atoms with Gasteiger partial charge in [-0.1, -0.05) is 202 Å². The summed E-state index contributed by atoms with van der Waals surface area (Å²) in [5.41, 5.74) is 16.6. The SMILES string of the molecule is CC1(C)c2ccc(Nc3ccccc3)cc2-c2cc3ccccc3cc21.c1ccc(Nc2ccc(N(c3ccccc3)c3ccccc3)cc2)cc1.c1ccc(Nc2ccc3c(ccc4ccccc43)c2)cc1.c1ccc(Nc2ccccn2)cc1. The van der Waals surface area contributed by atoms with Crippen molar-refractivity contribution in [3.63, 3.8) is 0 Å². The summed E-state index contributed by atoms with van der Waals surface area (Å²) in [5, 5.41) is 21.4. The van der Waals surface area contributed by atoms with Gasteiger partial charge in [0.25, 0.3) is 0 Å². The highest BCUT2D eigenvalue weighted by atomic mass is 15.1. The van der Waals surface area contributed by atoms with Gasteiger partial charge in [0.05, 0.1) is 0 Å². The van der Waals surface area contributed by atoms with Crippen molar-refractivity contribution in [2.45, 2.75) is 19.3 Å². The molecule has 15 rings (SSSR count). The Morgan fingerprint density at radius 1 is 0.267 bits per heavy atom. The van der Waals surface area contributed by atoms with Crippen molar-refractivity contribution in [1.82, 2.24) is 4.98 Å². The minimum absolute atomic E-state index is 0.0278. The summed E-state index contributed by atoms with van der Waals surface area (Å²) in [6, 6.07) is 116. The fourth-order valence-corrected chi connectivity index (χ4v) is 11.1. The lowest BCUT2D eigenvalue weighted by atomic mass is 9.82. The van der Waals surface area contributed by atoms with Crippen LogP contribution < -0.4 is 26.2 Å². The topological polar surface area (TPSA) is 64.2 Å². The van der Waals surface area contributed by atoms with Crippen LogP contribution in [0.4, 0.5) is 62.7 Å². The quantitative estimate of drug-likeness (QED) is 0.0968. The summed E-state index contributed by atoms with van der Waals surface area (Å²) in [7, 11) is 0.